The number of aromatic nitrogens is 4. The summed E-state index contributed by atoms with van der Waals surface area (Å²) in [6, 6.07) is -0.989. The van der Waals surface area contributed by atoms with Gasteiger partial charge in [-0.05, 0) is 26.3 Å². The van der Waals surface area contributed by atoms with Crippen molar-refractivity contribution < 1.29 is 33.9 Å². The van der Waals surface area contributed by atoms with E-state index in [1.807, 2.05) is 0 Å². The molecule has 4 heterocycles. The first kappa shape index (κ1) is 30.5. The molecule has 0 aliphatic carbocycles. The Morgan fingerprint density at radius 1 is 1.29 bits per heavy atom. The Balaban J connectivity index is 1.38. The van der Waals surface area contributed by atoms with Crippen LogP contribution in [0, 0.1) is 0 Å². The average molecular weight is 644 g/mol. The van der Waals surface area contributed by atoms with Gasteiger partial charge in [0.05, 0.1) is 6.54 Å². The number of β-lactam (4-membered cyclic amide) rings is 1. The van der Waals surface area contributed by atoms with Crippen molar-refractivity contribution in [1.29, 1.82) is 0 Å². The van der Waals surface area contributed by atoms with Crippen LogP contribution in [0.5, 0.6) is 0 Å². The Kier molecular flexibility index (Phi) is 9.34. The molecule has 0 saturated carbocycles. The minimum atomic E-state index is -1.26. The molecule has 0 spiro atoms. The normalized spacial score (nSPS) is 18.9. The highest BCUT2D eigenvalue weighted by Crippen LogP contribution is 2.41. The number of anilines is 1. The van der Waals surface area contributed by atoms with Crippen molar-refractivity contribution in [2.75, 3.05) is 24.3 Å². The quantitative estimate of drug-likeness (QED) is 0.122. The van der Waals surface area contributed by atoms with Gasteiger partial charge in [-0.25, -0.2) is 9.59 Å². The second-order valence-corrected chi connectivity index (χ2v) is 13.5. The highest BCUT2D eigenvalue weighted by Gasteiger charge is 2.54. The fourth-order valence-corrected chi connectivity index (χ4v) is 7.34. The van der Waals surface area contributed by atoms with Gasteiger partial charge >= 0.3 is 12.1 Å². The Hall–Kier alpha value is -3.49. The average Bonchev–Trinajstić information content (AvgIpc) is 3.54. The molecule has 220 valence electrons. The molecule has 2 aromatic heterocycles. The summed E-state index contributed by atoms with van der Waals surface area (Å²) in [7, 11) is 1.24. The van der Waals surface area contributed by atoms with Crippen LogP contribution in [-0.4, -0.2) is 94.8 Å². The fraction of sp³-hybridized carbons (Fsp3) is 0.476. The van der Waals surface area contributed by atoms with E-state index >= 15 is 0 Å². The summed E-state index contributed by atoms with van der Waals surface area (Å²) in [5.74, 6) is -2.10. The lowest BCUT2D eigenvalue weighted by Crippen LogP contribution is -2.71. The van der Waals surface area contributed by atoms with Crippen molar-refractivity contribution in [3.8, 4) is 0 Å². The number of aliphatic carboxylic acids is 1. The number of nitrogens with zero attached hydrogens (tertiary/aromatic N) is 6. The van der Waals surface area contributed by atoms with Crippen molar-refractivity contribution in [2.45, 2.75) is 48.7 Å². The SMILES string of the molecule is CO/N=C(/C(=O)NC1C(=O)N2C(C(=O)O)=C(CSc3nnc(CNC(=O)OC(C)(C)C)s3)CS[C@H]12)c1nsc(N)n1. The number of hydrogen-bond acceptors (Lipinski definition) is 16. The van der Waals surface area contributed by atoms with Gasteiger partial charge in [-0.2, -0.15) is 9.36 Å². The van der Waals surface area contributed by atoms with Crippen LogP contribution in [0.1, 0.15) is 31.6 Å². The van der Waals surface area contributed by atoms with Gasteiger partial charge < -0.3 is 31.0 Å². The number of ether oxygens (including phenoxy) is 1. The lowest BCUT2D eigenvalue weighted by Gasteiger charge is -2.49. The van der Waals surface area contributed by atoms with Crippen LogP contribution >= 0.6 is 46.4 Å². The largest absolute Gasteiger partial charge is 0.477 e. The molecule has 4 rings (SSSR count). The third kappa shape index (κ3) is 7.24. The molecule has 16 nitrogen and oxygen atoms in total. The molecule has 20 heteroatoms. The number of amides is 3. The summed E-state index contributed by atoms with van der Waals surface area (Å²) in [5, 5.41) is 26.9. The smallest absolute Gasteiger partial charge is 0.408 e. The number of oxime groups is 1. The first-order valence-electron chi connectivity index (χ1n) is 11.7. The number of carbonyl (C=O) groups excluding carboxylic acids is 3. The number of fused-ring (bicyclic) bond motifs is 1. The maximum Gasteiger partial charge on any atom is 0.408 e. The van der Waals surface area contributed by atoms with Gasteiger partial charge in [0.15, 0.2) is 9.47 Å². The summed E-state index contributed by atoms with van der Waals surface area (Å²) < 4.78 is 9.70. The van der Waals surface area contributed by atoms with Crippen molar-refractivity contribution >= 4 is 81.1 Å². The molecule has 2 aliphatic heterocycles. The molecular formula is C21H25N9O7S4. The van der Waals surface area contributed by atoms with Gasteiger partial charge in [-0.3, -0.25) is 14.5 Å². The number of thioether (sulfide) groups is 2. The van der Waals surface area contributed by atoms with E-state index in [9.17, 15) is 24.3 Å². The van der Waals surface area contributed by atoms with Crippen LogP contribution in [0.3, 0.4) is 0 Å². The number of nitrogen functional groups attached to an aromatic ring is 1. The number of carbonyl (C=O) groups is 4. The fourth-order valence-electron chi connectivity index (χ4n) is 3.59. The molecule has 2 aliphatic rings. The lowest BCUT2D eigenvalue weighted by molar-refractivity contribution is -0.150. The van der Waals surface area contributed by atoms with Crippen LogP contribution < -0.4 is 16.4 Å². The van der Waals surface area contributed by atoms with Crippen molar-refractivity contribution in [3.63, 3.8) is 0 Å². The molecule has 5 N–H and O–H groups in total. The van der Waals surface area contributed by atoms with Crippen LogP contribution in [-0.2, 0) is 30.5 Å². The summed E-state index contributed by atoms with van der Waals surface area (Å²) in [6.45, 7) is 5.41. The third-order valence-corrected chi connectivity index (χ3v) is 9.21. The molecule has 41 heavy (non-hydrogen) atoms. The van der Waals surface area contributed by atoms with Gasteiger partial charge in [-0.15, -0.1) is 22.0 Å². The van der Waals surface area contributed by atoms with Gasteiger partial charge in [-0.1, -0.05) is 28.3 Å². The van der Waals surface area contributed by atoms with Crippen LogP contribution in [0.4, 0.5) is 9.93 Å². The Morgan fingerprint density at radius 3 is 2.68 bits per heavy atom. The Morgan fingerprint density at radius 2 is 2.05 bits per heavy atom. The summed E-state index contributed by atoms with van der Waals surface area (Å²) >= 11 is 4.70. The molecule has 1 fully saturated rings. The molecule has 3 amide bonds. The molecule has 1 unspecified atom stereocenters. The van der Waals surface area contributed by atoms with Crippen LogP contribution in [0.25, 0.3) is 0 Å². The monoisotopic (exact) mass is 643 g/mol. The zero-order valence-corrected chi connectivity index (χ0v) is 25.3. The van der Waals surface area contributed by atoms with Crippen molar-refractivity contribution in [2.24, 2.45) is 5.16 Å². The van der Waals surface area contributed by atoms with Crippen LogP contribution in [0.2, 0.25) is 0 Å². The Labute approximate surface area is 249 Å². The predicted molar refractivity (Wildman–Crippen MR) is 151 cm³/mol. The van der Waals surface area contributed by atoms with E-state index in [4.69, 9.17) is 15.3 Å². The van der Waals surface area contributed by atoms with E-state index in [1.165, 1.54) is 46.9 Å². The van der Waals surface area contributed by atoms with Gasteiger partial charge in [0, 0.05) is 23.0 Å². The molecule has 0 bridgehead atoms. The minimum Gasteiger partial charge on any atom is -0.477 e. The Bertz CT molecular complexity index is 1420. The summed E-state index contributed by atoms with van der Waals surface area (Å²) in [6.07, 6.45) is -0.577. The number of carboxylic acid groups (broad SMARTS) is 1. The maximum atomic E-state index is 13.0. The van der Waals surface area contributed by atoms with E-state index in [0.29, 0.717) is 20.7 Å². The van der Waals surface area contributed by atoms with Gasteiger partial charge in [0.1, 0.15) is 34.8 Å². The number of carboxylic acids is 1. The molecule has 0 radical (unpaired) electrons. The maximum absolute atomic E-state index is 13.0. The summed E-state index contributed by atoms with van der Waals surface area (Å²) in [4.78, 5) is 59.7. The van der Waals surface area contributed by atoms with Gasteiger partial charge in [0.2, 0.25) is 11.5 Å². The number of nitrogens with two attached hydrogens (primary N) is 1. The number of rotatable bonds is 10. The first-order valence-corrected chi connectivity index (χ1v) is 15.3. The van der Waals surface area contributed by atoms with E-state index < -0.39 is 40.9 Å². The number of nitrogens with one attached hydrogen (secondary N) is 2. The van der Waals surface area contributed by atoms with Crippen molar-refractivity contribution in [1.82, 2.24) is 35.1 Å². The molecular weight excluding hydrogens is 619 g/mol. The minimum absolute atomic E-state index is 0.0577. The highest BCUT2D eigenvalue weighted by atomic mass is 32.2. The molecule has 1 saturated heterocycles. The van der Waals surface area contributed by atoms with Crippen molar-refractivity contribution in [3.05, 3.63) is 22.1 Å². The van der Waals surface area contributed by atoms with Crippen LogP contribution in [0.15, 0.2) is 20.8 Å². The topological polar surface area (TPSA) is 224 Å². The number of hydrogen-bond donors (Lipinski definition) is 4. The van der Waals surface area contributed by atoms with E-state index in [2.05, 4.69) is 35.3 Å². The third-order valence-electron chi connectivity index (χ3n) is 5.19. The molecule has 2 aromatic rings. The van der Waals surface area contributed by atoms with Gasteiger partial charge in [0.25, 0.3) is 11.8 Å². The van der Waals surface area contributed by atoms with E-state index in [1.54, 1.807) is 20.8 Å². The summed E-state index contributed by atoms with van der Waals surface area (Å²) in [5.41, 5.74) is 5.08. The number of alkyl carbamates (subject to hydrolysis) is 1. The second-order valence-electron chi connectivity index (χ2n) is 9.30. The zero-order chi connectivity index (χ0) is 29.9. The second kappa shape index (κ2) is 12.6. The standard InChI is InChI=1S/C21H25N9O7S4/c1-21(2,3)37-19(35)23-5-9-26-27-20(40-9)39-7-8-6-38-16-11(15(32)30(16)12(8)17(33)34)24-14(31)10(28-36-4)13-25-18(22)41-29-13/h11,16H,5-7H2,1-4H3,(H,23,35)(H,24,31)(H,33,34)(H2,22,25,29)/b28-10+/t11?,16-/m1/s1. The lowest BCUT2D eigenvalue weighted by atomic mass is 10.0. The zero-order valence-electron chi connectivity index (χ0n) is 22.1. The first-order chi connectivity index (χ1) is 19.4. The van der Waals surface area contributed by atoms with E-state index in [0.717, 1.165) is 11.5 Å². The van der Waals surface area contributed by atoms with E-state index in [-0.39, 0.29) is 34.7 Å². The highest BCUT2D eigenvalue weighted by molar-refractivity contribution is 8.01. The predicted octanol–water partition coefficient (Wildman–Crippen LogP) is 0.878. The molecule has 0 aromatic carbocycles. The molecule has 2 atom stereocenters.